The lowest BCUT2D eigenvalue weighted by atomic mass is 9.50. The summed E-state index contributed by atoms with van der Waals surface area (Å²) >= 11 is 0. The molecular weight excluding hydrogens is 158 g/mol. The van der Waals surface area contributed by atoms with E-state index in [1.807, 2.05) is 27.7 Å². The first kappa shape index (κ1) is 10.1. The van der Waals surface area contributed by atoms with E-state index in [1.165, 1.54) is 0 Å². The monoisotopic (exact) mass is 172 g/mol. The summed E-state index contributed by atoms with van der Waals surface area (Å²) < 4.78 is 10.6. The minimum absolute atomic E-state index is 0.499. The maximum atomic E-state index is 8.82. The molecule has 1 rings (SSSR count). The smallest absolute Gasteiger partial charge is 0.429 e. The summed E-state index contributed by atoms with van der Waals surface area (Å²) in [5, 5.41) is 17.6. The van der Waals surface area contributed by atoms with Crippen LogP contribution in [0.1, 0.15) is 27.7 Å². The molecule has 0 aromatic carbocycles. The summed E-state index contributed by atoms with van der Waals surface area (Å²) in [7, 11) is -2.51. The van der Waals surface area contributed by atoms with Gasteiger partial charge in [-0.05, 0) is 27.7 Å². The summed E-state index contributed by atoms with van der Waals surface area (Å²) in [5.41, 5.74) is -0.997. The first-order valence-electron chi connectivity index (χ1n) is 3.98. The molecule has 12 heavy (non-hydrogen) atoms. The molecule has 1 aliphatic rings. The molecule has 0 bridgehead atoms. The second kappa shape index (κ2) is 2.73. The highest BCUT2D eigenvalue weighted by Crippen LogP contribution is 2.36. The fourth-order valence-electron chi connectivity index (χ4n) is 1.01. The van der Waals surface area contributed by atoms with E-state index in [-0.39, 0.29) is 0 Å². The van der Waals surface area contributed by atoms with Crippen molar-refractivity contribution in [3.05, 3.63) is 0 Å². The summed E-state index contributed by atoms with van der Waals surface area (Å²) in [6.45, 7) is 7.43. The van der Waals surface area contributed by atoms with Gasteiger partial charge in [-0.15, -0.1) is 0 Å². The summed E-state index contributed by atoms with van der Waals surface area (Å²) in [5.74, 6) is 0. The predicted molar refractivity (Wildman–Crippen MR) is 46.3 cm³/mol. The van der Waals surface area contributed by atoms with Gasteiger partial charge in [0.25, 0.3) is 0 Å². The third-order valence-electron chi connectivity index (χ3n) is 2.51. The van der Waals surface area contributed by atoms with Crippen LogP contribution in [0.4, 0.5) is 0 Å². The van der Waals surface area contributed by atoms with E-state index in [4.69, 9.17) is 19.4 Å². The zero-order valence-corrected chi connectivity index (χ0v) is 7.87. The van der Waals surface area contributed by atoms with Crippen LogP contribution in [0.25, 0.3) is 0 Å². The Morgan fingerprint density at radius 1 is 1.00 bits per heavy atom. The molecule has 0 atom stereocenters. The normalized spacial score (nSPS) is 26.0. The van der Waals surface area contributed by atoms with Gasteiger partial charge in [-0.25, -0.2) is 0 Å². The Balaban J connectivity index is 2.74. The van der Waals surface area contributed by atoms with E-state index in [0.717, 1.165) is 0 Å². The van der Waals surface area contributed by atoms with Gasteiger partial charge in [-0.1, -0.05) is 0 Å². The Bertz CT molecular complexity index is 164. The third-order valence-corrected chi connectivity index (χ3v) is 2.51. The van der Waals surface area contributed by atoms with Crippen molar-refractivity contribution < 1.29 is 19.4 Å². The Hall–Kier alpha value is -0.0301. The van der Waals surface area contributed by atoms with Crippen LogP contribution < -0.4 is 0 Å². The number of rotatable bonds is 1. The highest BCUT2D eigenvalue weighted by atomic mass is 16.7. The molecule has 0 aliphatic carbocycles. The summed E-state index contributed by atoms with van der Waals surface area (Å²) in [6.07, 6.45) is 0. The van der Waals surface area contributed by atoms with Crippen LogP contribution in [-0.2, 0) is 9.31 Å². The van der Waals surface area contributed by atoms with E-state index >= 15 is 0 Å². The van der Waals surface area contributed by atoms with Gasteiger partial charge >= 0.3 is 14.0 Å². The Morgan fingerprint density at radius 3 is 1.50 bits per heavy atom. The van der Waals surface area contributed by atoms with Crippen LogP contribution in [0, 0.1) is 0 Å². The van der Waals surface area contributed by atoms with E-state index in [2.05, 4.69) is 0 Å². The molecule has 6 heteroatoms. The van der Waals surface area contributed by atoms with Crippen molar-refractivity contribution in [1.82, 2.24) is 0 Å². The molecule has 0 aromatic heterocycles. The molecule has 1 saturated heterocycles. The minimum atomic E-state index is -1.58. The first-order valence-corrected chi connectivity index (χ1v) is 3.98. The van der Waals surface area contributed by atoms with Crippen molar-refractivity contribution in [1.29, 1.82) is 0 Å². The molecular formula is C6H14B2O4. The lowest BCUT2D eigenvalue weighted by molar-refractivity contribution is 0.00578. The molecule has 1 aliphatic heterocycles. The van der Waals surface area contributed by atoms with Crippen LogP contribution in [0.3, 0.4) is 0 Å². The SMILES string of the molecule is CC1(C)OB(B(O)O)OC1(C)C. The van der Waals surface area contributed by atoms with Crippen LogP contribution in [0.5, 0.6) is 0 Å². The van der Waals surface area contributed by atoms with Crippen molar-refractivity contribution in [2.75, 3.05) is 0 Å². The first-order chi connectivity index (χ1) is 5.26. The van der Waals surface area contributed by atoms with E-state index in [9.17, 15) is 0 Å². The van der Waals surface area contributed by atoms with E-state index in [1.54, 1.807) is 0 Å². The quantitative estimate of drug-likeness (QED) is 0.529. The van der Waals surface area contributed by atoms with Gasteiger partial charge in [0.2, 0.25) is 0 Å². The van der Waals surface area contributed by atoms with E-state index < -0.39 is 25.2 Å². The van der Waals surface area contributed by atoms with Gasteiger partial charge in [0.1, 0.15) is 0 Å². The fraction of sp³-hybridized carbons (Fsp3) is 1.00. The van der Waals surface area contributed by atoms with E-state index in [0.29, 0.717) is 0 Å². The second-order valence-electron chi connectivity index (χ2n) is 4.04. The second-order valence-corrected chi connectivity index (χ2v) is 4.04. The lowest BCUT2D eigenvalue weighted by Gasteiger charge is -2.32. The van der Waals surface area contributed by atoms with Gasteiger partial charge in [0.05, 0.1) is 11.2 Å². The number of hydrogen-bond acceptors (Lipinski definition) is 4. The van der Waals surface area contributed by atoms with Crippen LogP contribution in [-0.4, -0.2) is 35.3 Å². The molecule has 0 saturated carbocycles. The predicted octanol–water partition coefficient (Wildman–Crippen LogP) is -0.370. The third kappa shape index (κ3) is 1.52. The molecule has 1 fully saturated rings. The summed E-state index contributed by atoms with van der Waals surface area (Å²) in [4.78, 5) is 0. The van der Waals surface area contributed by atoms with Gasteiger partial charge in [-0.3, -0.25) is 0 Å². The van der Waals surface area contributed by atoms with Crippen molar-refractivity contribution in [3.63, 3.8) is 0 Å². The Morgan fingerprint density at radius 2 is 1.33 bits per heavy atom. The van der Waals surface area contributed by atoms with Gasteiger partial charge in [0, 0.05) is 0 Å². The molecule has 0 amide bonds. The average Bonchev–Trinajstić information content (AvgIpc) is 2.03. The van der Waals surface area contributed by atoms with Crippen LogP contribution in [0.2, 0.25) is 0 Å². The van der Waals surface area contributed by atoms with Gasteiger partial charge in [0.15, 0.2) is 0 Å². The Labute approximate surface area is 73.1 Å². The van der Waals surface area contributed by atoms with Crippen LogP contribution in [0.15, 0.2) is 0 Å². The zero-order chi connectivity index (χ0) is 9.57. The molecule has 0 unspecified atom stereocenters. The topological polar surface area (TPSA) is 58.9 Å². The molecule has 2 N–H and O–H groups in total. The summed E-state index contributed by atoms with van der Waals surface area (Å²) in [6, 6.07) is 0. The molecule has 1 heterocycles. The maximum absolute atomic E-state index is 8.82. The molecule has 0 spiro atoms. The minimum Gasteiger partial charge on any atom is -0.429 e. The molecule has 68 valence electrons. The highest BCUT2D eigenvalue weighted by Gasteiger charge is 2.55. The molecule has 0 aromatic rings. The Kier molecular flexibility index (Phi) is 2.29. The lowest BCUT2D eigenvalue weighted by Crippen LogP contribution is -2.41. The molecule has 4 nitrogen and oxygen atoms in total. The van der Waals surface area contributed by atoms with Crippen molar-refractivity contribution in [3.8, 4) is 0 Å². The van der Waals surface area contributed by atoms with Crippen molar-refractivity contribution in [2.24, 2.45) is 0 Å². The maximum Gasteiger partial charge on any atom is 0.488 e. The van der Waals surface area contributed by atoms with Crippen molar-refractivity contribution >= 4 is 14.0 Å². The van der Waals surface area contributed by atoms with Gasteiger partial charge < -0.3 is 19.4 Å². The zero-order valence-electron chi connectivity index (χ0n) is 7.87. The van der Waals surface area contributed by atoms with Crippen LogP contribution >= 0.6 is 0 Å². The number of hydrogen-bond donors (Lipinski definition) is 2. The standard InChI is InChI=1S/C6H14B2O4/c1-5(2)6(3,4)12-8(11-5)7(9)10/h9-10H,1-4H3. The average molecular weight is 172 g/mol. The van der Waals surface area contributed by atoms with Crippen molar-refractivity contribution in [2.45, 2.75) is 38.9 Å². The largest absolute Gasteiger partial charge is 0.488 e. The highest BCUT2D eigenvalue weighted by molar-refractivity contribution is 7.09. The fourth-order valence-corrected chi connectivity index (χ4v) is 1.01. The molecule has 0 radical (unpaired) electrons. The van der Waals surface area contributed by atoms with Gasteiger partial charge in [-0.2, -0.15) is 0 Å².